The Morgan fingerprint density at radius 3 is 2.65 bits per heavy atom. The van der Waals surface area contributed by atoms with Crippen molar-refractivity contribution in [2.24, 2.45) is 5.92 Å². The summed E-state index contributed by atoms with van der Waals surface area (Å²) in [7, 11) is 0. The first kappa shape index (κ1) is 12.7. The summed E-state index contributed by atoms with van der Waals surface area (Å²) < 4.78 is 0. The summed E-state index contributed by atoms with van der Waals surface area (Å²) in [5.41, 5.74) is -0.150. The number of halogens is 2. The van der Waals surface area contributed by atoms with Crippen LogP contribution in [0.4, 0.5) is 0 Å². The smallest absolute Gasteiger partial charge is 0.314 e. The normalized spacial score (nSPS) is 28.3. The Hall–Kier alpha value is -0.730. The highest BCUT2D eigenvalue weighted by molar-refractivity contribution is 6.35. The van der Waals surface area contributed by atoms with Crippen molar-refractivity contribution in [3.05, 3.63) is 33.8 Å². The quantitative estimate of drug-likeness (QED) is 0.879. The number of hydrogen-bond acceptors (Lipinski definition) is 1. The number of benzene rings is 1. The minimum absolute atomic E-state index is 0.0960. The van der Waals surface area contributed by atoms with Crippen LogP contribution >= 0.6 is 23.2 Å². The summed E-state index contributed by atoms with van der Waals surface area (Å²) in [5, 5.41) is 10.6. The van der Waals surface area contributed by atoms with Crippen LogP contribution in [-0.2, 0) is 10.2 Å². The van der Waals surface area contributed by atoms with Crippen molar-refractivity contribution >= 4 is 29.2 Å². The van der Waals surface area contributed by atoms with Gasteiger partial charge in [0.15, 0.2) is 0 Å². The van der Waals surface area contributed by atoms with Crippen LogP contribution in [0.25, 0.3) is 0 Å². The molecule has 1 aromatic carbocycles. The molecular weight excluding hydrogens is 259 g/mol. The van der Waals surface area contributed by atoms with E-state index in [-0.39, 0.29) is 5.92 Å². The highest BCUT2D eigenvalue weighted by atomic mass is 35.5. The lowest BCUT2D eigenvalue weighted by Gasteiger charge is -2.30. The van der Waals surface area contributed by atoms with E-state index in [4.69, 9.17) is 23.2 Å². The highest BCUT2D eigenvalue weighted by Gasteiger charge is 2.49. The minimum Gasteiger partial charge on any atom is -0.481 e. The molecule has 2 atom stereocenters. The molecule has 0 aromatic heterocycles. The molecule has 0 spiro atoms. The van der Waals surface area contributed by atoms with Crippen molar-refractivity contribution in [2.75, 3.05) is 0 Å². The number of carboxylic acids is 1. The Balaban J connectivity index is 2.58. The van der Waals surface area contributed by atoms with Crippen LogP contribution in [0.1, 0.15) is 31.7 Å². The third-order valence-electron chi connectivity index (χ3n) is 3.84. The van der Waals surface area contributed by atoms with E-state index in [1.807, 2.05) is 6.92 Å². The lowest BCUT2D eigenvalue weighted by molar-refractivity contribution is -0.145. The van der Waals surface area contributed by atoms with Gasteiger partial charge in [-0.15, -0.1) is 0 Å². The summed E-state index contributed by atoms with van der Waals surface area (Å²) in [6.07, 6.45) is 2.49. The maximum Gasteiger partial charge on any atom is 0.314 e. The zero-order valence-electron chi connectivity index (χ0n) is 9.54. The summed E-state index contributed by atoms with van der Waals surface area (Å²) in [5.74, 6) is -0.689. The van der Waals surface area contributed by atoms with E-state index in [2.05, 4.69) is 0 Å². The summed E-state index contributed by atoms with van der Waals surface area (Å²) in [6, 6.07) is 5.08. The number of rotatable bonds is 2. The molecule has 2 unspecified atom stereocenters. The van der Waals surface area contributed by atoms with Crippen LogP contribution in [0.5, 0.6) is 0 Å². The molecule has 0 amide bonds. The first-order chi connectivity index (χ1) is 7.98. The van der Waals surface area contributed by atoms with E-state index in [9.17, 15) is 9.90 Å². The Morgan fingerprint density at radius 1 is 1.47 bits per heavy atom. The van der Waals surface area contributed by atoms with Gasteiger partial charge in [0.25, 0.3) is 0 Å². The van der Waals surface area contributed by atoms with Gasteiger partial charge in [0.2, 0.25) is 0 Å². The molecule has 17 heavy (non-hydrogen) atoms. The van der Waals surface area contributed by atoms with Gasteiger partial charge in [0, 0.05) is 10.0 Å². The average Bonchev–Trinajstić information content (AvgIpc) is 2.61. The second-order valence-electron chi connectivity index (χ2n) is 4.69. The molecule has 0 radical (unpaired) electrons. The fraction of sp³-hybridized carbons (Fsp3) is 0.462. The Morgan fingerprint density at radius 2 is 2.18 bits per heavy atom. The topological polar surface area (TPSA) is 37.3 Å². The molecule has 4 heteroatoms. The molecule has 1 fully saturated rings. The van der Waals surface area contributed by atoms with Crippen LogP contribution in [-0.4, -0.2) is 11.1 Å². The molecule has 1 saturated carbocycles. The molecule has 1 aromatic rings. The lowest BCUT2D eigenvalue weighted by atomic mass is 9.73. The summed E-state index contributed by atoms with van der Waals surface area (Å²) in [6.45, 7) is 1.98. The van der Waals surface area contributed by atoms with E-state index in [1.165, 1.54) is 0 Å². The maximum absolute atomic E-state index is 11.7. The average molecular weight is 273 g/mol. The van der Waals surface area contributed by atoms with E-state index < -0.39 is 11.4 Å². The molecule has 2 rings (SSSR count). The number of aliphatic carboxylic acids is 1. The Kier molecular flexibility index (Phi) is 3.37. The first-order valence-corrected chi connectivity index (χ1v) is 6.43. The van der Waals surface area contributed by atoms with E-state index in [0.29, 0.717) is 22.0 Å². The van der Waals surface area contributed by atoms with E-state index >= 15 is 0 Å². The van der Waals surface area contributed by atoms with Crippen molar-refractivity contribution in [2.45, 2.75) is 31.6 Å². The molecule has 2 nitrogen and oxygen atoms in total. The minimum atomic E-state index is -0.846. The number of hydrogen-bond donors (Lipinski definition) is 1. The fourth-order valence-electron chi connectivity index (χ4n) is 2.86. The largest absolute Gasteiger partial charge is 0.481 e. The van der Waals surface area contributed by atoms with Gasteiger partial charge in [-0.1, -0.05) is 42.6 Å². The van der Waals surface area contributed by atoms with Crippen LogP contribution in [0.3, 0.4) is 0 Å². The number of carbonyl (C=O) groups is 1. The zero-order chi connectivity index (χ0) is 12.6. The SMILES string of the molecule is CC1CCCC1(C(=O)O)c1ccc(Cl)cc1Cl. The van der Waals surface area contributed by atoms with Crippen molar-refractivity contribution < 1.29 is 9.90 Å². The van der Waals surface area contributed by atoms with Crippen molar-refractivity contribution in [1.82, 2.24) is 0 Å². The molecular formula is C13H14Cl2O2. The zero-order valence-corrected chi connectivity index (χ0v) is 11.1. The molecule has 0 bridgehead atoms. The predicted octanol–water partition coefficient (Wildman–Crippen LogP) is 4.14. The van der Waals surface area contributed by atoms with Crippen LogP contribution in [0.15, 0.2) is 18.2 Å². The van der Waals surface area contributed by atoms with E-state index in [0.717, 1.165) is 12.8 Å². The number of carboxylic acid groups (broad SMARTS) is 1. The van der Waals surface area contributed by atoms with E-state index in [1.54, 1.807) is 18.2 Å². The van der Waals surface area contributed by atoms with Crippen LogP contribution < -0.4 is 0 Å². The molecule has 1 aliphatic carbocycles. The van der Waals surface area contributed by atoms with Crippen molar-refractivity contribution in [3.8, 4) is 0 Å². The molecule has 0 heterocycles. The maximum atomic E-state index is 11.7. The van der Waals surface area contributed by atoms with Crippen molar-refractivity contribution in [3.63, 3.8) is 0 Å². The third kappa shape index (κ3) is 1.94. The third-order valence-corrected chi connectivity index (χ3v) is 4.39. The molecule has 0 aliphatic heterocycles. The second kappa shape index (κ2) is 4.51. The van der Waals surface area contributed by atoms with Gasteiger partial charge in [0.05, 0.1) is 5.41 Å². The molecule has 0 saturated heterocycles. The first-order valence-electron chi connectivity index (χ1n) is 5.67. The van der Waals surface area contributed by atoms with Gasteiger partial charge in [-0.25, -0.2) is 0 Å². The van der Waals surface area contributed by atoms with Gasteiger partial charge in [-0.3, -0.25) is 4.79 Å². The van der Waals surface area contributed by atoms with Gasteiger partial charge in [0.1, 0.15) is 0 Å². The fourth-order valence-corrected chi connectivity index (χ4v) is 3.44. The standard InChI is InChI=1S/C13H14Cl2O2/c1-8-3-2-6-13(8,12(16)17)10-5-4-9(14)7-11(10)15/h4-5,7-8H,2-3,6H2,1H3,(H,16,17). The van der Waals surface area contributed by atoms with Crippen molar-refractivity contribution in [1.29, 1.82) is 0 Å². The van der Waals surface area contributed by atoms with Gasteiger partial charge < -0.3 is 5.11 Å². The molecule has 1 N–H and O–H groups in total. The van der Waals surface area contributed by atoms with Crippen LogP contribution in [0, 0.1) is 5.92 Å². The van der Waals surface area contributed by atoms with Gasteiger partial charge in [-0.2, -0.15) is 0 Å². The monoisotopic (exact) mass is 272 g/mol. The van der Waals surface area contributed by atoms with Gasteiger partial charge in [-0.05, 0) is 36.5 Å². The second-order valence-corrected chi connectivity index (χ2v) is 5.54. The predicted molar refractivity (Wildman–Crippen MR) is 68.8 cm³/mol. The molecule has 92 valence electrons. The Labute approximate surface area is 111 Å². The summed E-state index contributed by atoms with van der Waals surface area (Å²) >= 11 is 12.0. The van der Waals surface area contributed by atoms with Crippen LogP contribution in [0.2, 0.25) is 10.0 Å². The summed E-state index contributed by atoms with van der Waals surface area (Å²) in [4.78, 5) is 11.7. The molecule has 1 aliphatic rings. The Bertz CT molecular complexity index is 459. The highest BCUT2D eigenvalue weighted by Crippen LogP contribution is 2.48. The lowest BCUT2D eigenvalue weighted by Crippen LogP contribution is -2.38. The van der Waals surface area contributed by atoms with Gasteiger partial charge >= 0.3 is 5.97 Å².